The predicted molar refractivity (Wildman–Crippen MR) is 60.6 cm³/mol. The van der Waals surface area contributed by atoms with Crippen LogP contribution in [-0.4, -0.2) is 16.6 Å². The zero-order valence-corrected chi connectivity index (χ0v) is 8.96. The molecule has 0 bridgehead atoms. The van der Waals surface area contributed by atoms with Crippen molar-refractivity contribution >= 4 is 29.8 Å². The first-order valence-corrected chi connectivity index (χ1v) is 4.80. The molecule has 0 saturated carbocycles. The Morgan fingerprint density at radius 1 is 1.20 bits per heavy atom. The molecule has 0 atom stereocenters. The van der Waals surface area contributed by atoms with Gasteiger partial charge in [-0.15, -0.1) is 12.4 Å². The topological polar surface area (TPSA) is 32.7 Å². The number of amides is 1. The number of carbonyl (C=O) groups excluding carboxylic acids is 1. The van der Waals surface area contributed by atoms with Crippen LogP contribution in [0.3, 0.4) is 0 Å². The average Bonchev–Trinajstić information content (AvgIpc) is 2.57. The Labute approximate surface area is 94.2 Å². The van der Waals surface area contributed by atoms with Crippen molar-refractivity contribution < 1.29 is 4.79 Å². The van der Waals surface area contributed by atoms with Gasteiger partial charge in [-0.25, -0.2) is 4.99 Å². The first-order chi connectivity index (χ1) is 6.84. The van der Waals surface area contributed by atoms with Gasteiger partial charge in [-0.2, -0.15) is 0 Å². The smallest absolute Gasteiger partial charge is 0.228 e. The van der Waals surface area contributed by atoms with E-state index in [1.807, 2.05) is 24.3 Å². The Hall–Kier alpha value is -1.35. The molecule has 0 spiro atoms. The third-order valence-corrected chi connectivity index (χ3v) is 2.74. The van der Waals surface area contributed by atoms with Crippen molar-refractivity contribution in [3.63, 3.8) is 0 Å². The van der Waals surface area contributed by atoms with E-state index >= 15 is 0 Å². The van der Waals surface area contributed by atoms with Crippen LogP contribution in [-0.2, 0) is 11.3 Å². The van der Waals surface area contributed by atoms with Gasteiger partial charge in [-0.1, -0.05) is 18.2 Å². The summed E-state index contributed by atoms with van der Waals surface area (Å²) in [6, 6.07) is 8.00. The van der Waals surface area contributed by atoms with E-state index in [0.717, 1.165) is 23.5 Å². The lowest BCUT2D eigenvalue weighted by Gasteiger charge is -2.22. The summed E-state index contributed by atoms with van der Waals surface area (Å²) in [4.78, 5) is 17.7. The highest BCUT2D eigenvalue weighted by atomic mass is 35.5. The third-order valence-electron chi connectivity index (χ3n) is 2.74. The number of fused-ring (bicyclic) bond motifs is 2. The fourth-order valence-corrected chi connectivity index (χ4v) is 1.99. The second-order valence-corrected chi connectivity index (χ2v) is 3.64. The first-order valence-electron chi connectivity index (χ1n) is 4.80. The molecule has 4 heteroatoms. The van der Waals surface area contributed by atoms with Crippen molar-refractivity contribution in [1.82, 2.24) is 4.90 Å². The van der Waals surface area contributed by atoms with Crippen molar-refractivity contribution in [3.05, 3.63) is 29.8 Å². The Morgan fingerprint density at radius 2 is 2.00 bits per heavy atom. The Bertz CT molecular complexity index is 442. The van der Waals surface area contributed by atoms with Gasteiger partial charge >= 0.3 is 0 Å². The fourth-order valence-electron chi connectivity index (χ4n) is 1.99. The molecule has 2 aliphatic heterocycles. The van der Waals surface area contributed by atoms with Crippen LogP contribution in [0.25, 0.3) is 0 Å². The quantitative estimate of drug-likeness (QED) is 0.663. The SMILES string of the molecule is Cl.O=C1CCC2=Nc3ccccc3CN12. The summed E-state index contributed by atoms with van der Waals surface area (Å²) in [5.41, 5.74) is 2.17. The molecule has 78 valence electrons. The van der Waals surface area contributed by atoms with Gasteiger partial charge in [0.1, 0.15) is 5.84 Å². The maximum absolute atomic E-state index is 11.5. The van der Waals surface area contributed by atoms with Crippen LogP contribution in [0.2, 0.25) is 0 Å². The highest BCUT2D eigenvalue weighted by molar-refractivity contribution is 6.06. The number of hydrogen-bond donors (Lipinski definition) is 0. The van der Waals surface area contributed by atoms with Crippen molar-refractivity contribution in [2.24, 2.45) is 4.99 Å². The molecule has 0 unspecified atom stereocenters. The second-order valence-electron chi connectivity index (χ2n) is 3.64. The van der Waals surface area contributed by atoms with Gasteiger partial charge in [0.15, 0.2) is 0 Å². The lowest BCUT2D eigenvalue weighted by molar-refractivity contribution is -0.126. The number of carbonyl (C=O) groups is 1. The largest absolute Gasteiger partial charge is 0.296 e. The summed E-state index contributed by atoms with van der Waals surface area (Å²) < 4.78 is 0. The Kier molecular flexibility index (Phi) is 2.49. The Morgan fingerprint density at radius 3 is 2.87 bits per heavy atom. The van der Waals surface area contributed by atoms with Gasteiger partial charge in [0.05, 0.1) is 12.2 Å². The summed E-state index contributed by atoms with van der Waals surface area (Å²) in [7, 11) is 0. The number of amidine groups is 1. The maximum Gasteiger partial charge on any atom is 0.228 e. The van der Waals surface area contributed by atoms with E-state index in [1.165, 1.54) is 0 Å². The van der Waals surface area contributed by atoms with Crippen LogP contribution >= 0.6 is 12.4 Å². The zero-order chi connectivity index (χ0) is 9.54. The molecule has 0 radical (unpaired) electrons. The number of halogens is 1. The minimum absolute atomic E-state index is 0. The minimum Gasteiger partial charge on any atom is -0.296 e. The molecule has 2 aliphatic rings. The lowest BCUT2D eigenvalue weighted by atomic mass is 10.1. The molecule has 3 nitrogen and oxygen atoms in total. The van der Waals surface area contributed by atoms with Gasteiger partial charge in [-0.05, 0) is 11.6 Å². The zero-order valence-electron chi connectivity index (χ0n) is 8.14. The number of para-hydroxylation sites is 1. The van der Waals surface area contributed by atoms with Crippen LogP contribution in [0.4, 0.5) is 5.69 Å². The molecule has 1 aromatic carbocycles. The summed E-state index contributed by atoms with van der Waals surface area (Å²) in [6.45, 7) is 0.702. The fraction of sp³-hybridized carbons (Fsp3) is 0.273. The highest BCUT2D eigenvalue weighted by Gasteiger charge is 2.30. The second kappa shape index (κ2) is 3.66. The number of aliphatic imine (C=N–C) groups is 1. The first kappa shape index (κ1) is 10.2. The summed E-state index contributed by atoms with van der Waals surface area (Å²) in [5.74, 6) is 1.15. The van der Waals surface area contributed by atoms with E-state index in [2.05, 4.69) is 4.99 Å². The van der Waals surface area contributed by atoms with E-state index in [1.54, 1.807) is 4.90 Å². The van der Waals surface area contributed by atoms with Crippen molar-refractivity contribution in [3.8, 4) is 0 Å². The maximum atomic E-state index is 11.5. The number of nitrogens with zero attached hydrogens (tertiary/aromatic N) is 2. The molecule has 3 rings (SSSR count). The summed E-state index contributed by atoms with van der Waals surface area (Å²) >= 11 is 0. The predicted octanol–water partition coefficient (Wildman–Crippen LogP) is 2.27. The normalized spacial score (nSPS) is 17.7. The molecule has 0 aliphatic carbocycles. The van der Waals surface area contributed by atoms with Crippen LogP contribution in [0.1, 0.15) is 18.4 Å². The van der Waals surface area contributed by atoms with E-state index in [9.17, 15) is 4.79 Å². The van der Waals surface area contributed by atoms with Gasteiger partial charge in [0, 0.05) is 12.8 Å². The van der Waals surface area contributed by atoms with Gasteiger partial charge in [-0.3, -0.25) is 9.69 Å². The third kappa shape index (κ3) is 1.53. The van der Waals surface area contributed by atoms with Gasteiger partial charge in [0.25, 0.3) is 0 Å². The summed E-state index contributed by atoms with van der Waals surface area (Å²) in [5, 5.41) is 0. The van der Waals surface area contributed by atoms with E-state index < -0.39 is 0 Å². The van der Waals surface area contributed by atoms with E-state index in [4.69, 9.17) is 0 Å². The average molecular weight is 223 g/mol. The molecule has 1 saturated heterocycles. The molecular formula is C11H11ClN2O. The highest BCUT2D eigenvalue weighted by Crippen LogP contribution is 2.30. The lowest BCUT2D eigenvalue weighted by Crippen LogP contribution is -2.30. The molecule has 1 fully saturated rings. The molecule has 0 aromatic heterocycles. The molecule has 1 amide bonds. The van der Waals surface area contributed by atoms with Gasteiger partial charge < -0.3 is 0 Å². The monoisotopic (exact) mass is 222 g/mol. The van der Waals surface area contributed by atoms with Crippen LogP contribution < -0.4 is 0 Å². The molecule has 0 N–H and O–H groups in total. The van der Waals surface area contributed by atoms with Crippen LogP contribution in [0.15, 0.2) is 29.3 Å². The summed E-state index contributed by atoms with van der Waals surface area (Å²) in [6.07, 6.45) is 1.42. The van der Waals surface area contributed by atoms with E-state index in [-0.39, 0.29) is 18.3 Å². The molecule has 2 heterocycles. The van der Waals surface area contributed by atoms with Crippen molar-refractivity contribution in [1.29, 1.82) is 0 Å². The van der Waals surface area contributed by atoms with Crippen molar-refractivity contribution in [2.45, 2.75) is 19.4 Å². The van der Waals surface area contributed by atoms with Gasteiger partial charge in [0.2, 0.25) is 5.91 Å². The number of hydrogen-bond acceptors (Lipinski definition) is 2. The number of benzene rings is 1. The molecular weight excluding hydrogens is 212 g/mol. The van der Waals surface area contributed by atoms with Crippen molar-refractivity contribution in [2.75, 3.05) is 0 Å². The van der Waals surface area contributed by atoms with Crippen LogP contribution in [0, 0.1) is 0 Å². The molecule has 15 heavy (non-hydrogen) atoms. The van der Waals surface area contributed by atoms with Crippen LogP contribution in [0.5, 0.6) is 0 Å². The minimum atomic E-state index is 0. The standard InChI is InChI=1S/C11H10N2O.ClH/c14-11-6-5-10-12-9-4-2-1-3-8(9)7-13(10)11;/h1-4H,5-7H2;1H. The molecule has 1 aromatic rings. The number of rotatable bonds is 0. The van der Waals surface area contributed by atoms with E-state index in [0.29, 0.717) is 13.0 Å². The Balaban J connectivity index is 0.000000853.